The van der Waals surface area contributed by atoms with E-state index in [1.54, 1.807) is 60.7 Å². The highest BCUT2D eigenvalue weighted by atomic mass is 32.2. The molecule has 0 unspecified atom stereocenters. The molecule has 0 spiro atoms. The average Bonchev–Trinajstić information content (AvgIpc) is 3.11. The molecule has 33 heavy (non-hydrogen) atoms. The molecule has 0 bridgehead atoms. The van der Waals surface area contributed by atoms with Gasteiger partial charge in [0.1, 0.15) is 11.5 Å². The maximum Gasteiger partial charge on any atom is 0.336 e. The highest BCUT2D eigenvalue weighted by molar-refractivity contribution is 8.18. The van der Waals surface area contributed by atoms with Gasteiger partial charge in [0.15, 0.2) is 0 Å². The predicted molar refractivity (Wildman–Crippen MR) is 129 cm³/mol. The first kappa shape index (κ1) is 22.1. The normalized spacial score (nSPS) is 14.9. The van der Waals surface area contributed by atoms with Gasteiger partial charge in [-0.05, 0) is 71.8 Å². The van der Waals surface area contributed by atoms with Gasteiger partial charge in [0.05, 0.1) is 10.5 Å². The Balaban J connectivity index is 1.47. The Labute approximate surface area is 194 Å². The van der Waals surface area contributed by atoms with Crippen molar-refractivity contribution in [2.24, 2.45) is 0 Å². The monoisotopic (exact) mass is 457 g/mol. The van der Waals surface area contributed by atoms with Crippen LogP contribution in [0.5, 0.6) is 11.5 Å². The fourth-order valence-corrected chi connectivity index (χ4v) is 3.82. The smallest absolute Gasteiger partial charge is 0.336 e. The zero-order valence-corrected chi connectivity index (χ0v) is 18.4. The Kier molecular flexibility index (Phi) is 6.42. The van der Waals surface area contributed by atoms with E-state index in [-0.39, 0.29) is 10.8 Å². The lowest BCUT2D eigenvalue weighted by molar-refractivity contribution is -0.130. The van der Waals surface area contributed by atoms with E-state index in [1.165, 1.54) is 0 Å². The summed E-state index contributed by atoms with van der Waals surface area (Å²) in [6, 6.07) is 21.5. The van der Waals surface area contributed by atoms with Crippen molar-refractivity contribution in [3.63, 3.8) is 0 Å². The summed E-state index contributed by atoms with van der Waals surface area (Å²) in [5.74, 6) is -0.272. The van der Waals surface area contributed by atoms with Gasteiger partial charge in [-0.25, -0.2) is 4.79 Å². The quantitative estimate of drug-likeness (QED) is 0.362. The Morgan fingerprint density at radius 3 is 2.00 bits per heavy atom. The van der Waals surface area contributed by atoms with Crippen molar-refractivity contribution in [2.45, 2.75) is 6.92 Å². The summed E-state index contributed by atoms with van der Waals surface area (Å²) in [4.78, 5) is 35.0. The van der Waals surface area contributed by atoms with Gasteiger partial charge in [0.2, 0.25) is 0 Å². The number of aryl methyl sites for hydroxylation is 1. The number of carbonyl (C=O) groups excluding carboxylic acids is 2. The number of aliphatic carboxylic acids is 1. The number of thioether (sulfide) groups is 1. The third kappa shape index (κ3) is 5.58. The van der Waals surface area contributed by atoms with Crippen LogP contribution in [0.15, 0.2) is 77.7 Å². The lowest BCUT2D eigenvalue weighted by Gasteiger charge is -2.08. The molecule has 6 nitrogen and oxygen atoms in total. The molecule has 3 aromatic rings. The Bertz CT molecular complexity index is 1270. The molecule has 164 valence electrons. The summed E-state index contributed by atoms with van der Waals surface area (Å²) in [6.45, 7) is 1.98. The van der Waals surface area contributed by atoms with Crippen LogP contribution in [-0.4, -0.2) is 22.2 Å². The van der Waals surface area contributed by atoms with Crippen LogP contribution in [-0.2, 0) is 9.59 Å². The first-order valence-corrected chi connectivity index (χ1v) is 10.8. The fourth-order valence-electron chi connectivity index (χ4n) is 3.14. The van der Waals surface area contributed by atoms with Gasteiger partial charge in [-0.1, -0.05) is 54.1 Å². The predicted octanol–water partition coefficient (Wildman–Crippen LogP) is 5.74. The van der Waals surface area contributed by atoms with Gasteiger partial charge >= 0.3 is 5.97 Å². The molecule has 0 aromatic heterocycles. The highest BCUT2D eigenvalue weighted by Gasteiger charge is 2.24. The topological polar surface area (TPSA) is 92.7 Å². The van der Waals surface area contributed by atoms with Crippen LogP contribution in [0.25, 0.3) is 17.7 Å². The van der Waals surface area contributed by atoms with E-state index in [2.05, 4.69) is 5.32 Å². The molecule has 0 aliphatic carbocycles. The van der Waals surface area contributed by atoms with Crippen LogP contribution in [0.3, 0.4) is 0 Å². The van der Waals surface area contributed by atoms with Crippen molar-refractivity contribution in [2.75, 3.05) is 0 Å². The van der Waals surface area contributed by atoms with Gasteiger partial charge in [-0.3, -0.25) is 14.9 Å². The largest absolute Gasteiger partial charge is 0.478 e. The third-order valence-electron chi connectivity index (χ3n) is 4.84. The molecule has 7 heteroatoms. The van der Waals surface area contributed by atoms with E-state index in [4.69, 9.17) is 4.74 Å². The third-order valence-corrected chi connectivity index (χ3v) is 5.65. The Morgan fingerprint density at radius 1 is 0.879 bits per heavy atom. The molecule has 0 radical (unpaired) electrons. The first-order valence-electron chi connectivity index (χ1n) is 10.0. The van der Waals surface area contributed by atoms with Gasteiger partial charge in [-0.15, -0.1) is 0 Å². The van der Waals surface area contributed by atoms with Crippen molar-refractivity contribution in [1.82, 2.24) is 5.32 Å². The number of carbonyl (C=O) groups is 3. The first-order chi connectivity index (χ1) is 15.9. The van der Waals surface area contributed by atoms with Gasteiger partial charge in [-0.2, -0.15) is 0 Å². The van der Waals surface area contributed by atoms with Gasteiger partial charge in [0, 0.05) is 0 Å². The van der Waals surface area contributed by atoms with E-state index in [0.29, 0.717) is 22.0 Å². The van der Waals surface area contributed by atoms with Crippen LogP contribution in [0.4, 0.5) is 4.79 Å². The van der Waals surface area contributed by atoms with E-state index in [0.717, 1.165) is 28.5 Å². The molecule has 0 saturated carbocycles. The van der Waals surface area contributed by atoms with Crippen molar-refractivity contribution < 1.29 is 24.2 Å². The van der Waals surface area contributed by atoms with Gasteiger partial charge < -0.3 is 9.84 Å². The molecule has 1 fully saturated rings. The summed E-state index contributed by atoms with van der Waals surface area (Å²) < 4.78 is 5.84. The number of amides is 2. The zero-order valence-electron chi connectivity index (χ0n) is 17.6. The molecule has 1 aliphatic heterocycles. The number of imide groups is 1. The molecule has 2 N–H and O–H groups in total. The fraction of sp³-hybridized carbons (Fsp3) is 0.0385. The highest BCUT2D eigenvalue weighted by Crippen LogP contribution is 2.28. The number of benzene rings is 3. The van der Waals surface area contributed by atoms with Crippen LogP contribution in [0, 0.1) is 6.92 Å². The molecule has 1 aliphatic rings. The number of carboxylic acid groups (broad SMARTS) is 1. The number of hydrogen-bond acceptors (Lipinski definition) is 5. The molecule has 1 saturated heterocycles. The summed E-state index contributed by atoms with van der Waals surface area (Å²) in [7, 11) is 0. The van der Waals surface area contributed by atoms with Crippen molar-refractivity contribution in [1.29, 1.82) is 0 Å². The number of hydrogen-bond donors (Lipinski definition) is 2. The molecule has 4 rings (SSSR count). The lowest BCUT2D eigenvalue weighted by Crippen LogP contribution is -2.17. The van der Waals surface area contributed by atoms with Crippen molar-refractivity contribution >= 4 is 46.6 Å². The number of ether oxygens (including phenoxy) is 1. The van der Waals surface area contributed by atoms with E-state index in [9.17, 15) is 19.5 Å². The second kappa shape index (κ2) is 9.58. The molecule has 1 heterocycles. The summed E-state index contributed by atoms with van der Waals surface area (Å²) in [6.07, 6.45) is 3.28. The zero-order chi connectivity index (χ0) is 23.4. The van der Waals surface area contributed by atoms with Crippen molar-refractivity contribution in [3.8, 4) is 11.5 Å². The van der Waals surface area contributed by atoms with Crippen LogP contribution < -0.4 is 10.1 Å². The minimum absolute atomic E-state index is 0.190. The molecule has 2 amide bonds. The molecule has 0 atom stereocenters. The maximum atomic E-state index is 11.8. The molecule has 3 aromatic carbocycles. The van der Waals surface area contributed by atoms with E-state index < -0.39 is 11.9 Å². The van der Waals surface area contributed by atoms with Crippen LogP contribution in [0.1, 0.15) is 22.3 Å². The summed E-state index contributed by atoms with van der Waals surface area (Å²) in [5.41, 5.74) is 3.44. The van der Waals surface area contributed by atoms with E-state index in [1.807, 2.05) is 31.2 Å². The average molecular weight is 458 g/mol. The van der Waals surface area contributed by atoms with Crippen molar-refractivity contribution in [3.05, 3.63) is 100.0 Å². The molecular formula is C26H19NO5S. The lowest BCUT2D eigenvalue weighted by atomic mass is 10.0. The standard InChI is InChI=1S/C26H19NO5S/c1-16-2-4-17(5-3-16)14-22(25(29)30)19-8-12-21(13-9-19)32-20-10-6-18(7-11-20)15-23-24(28)27-26(31)33-23/h2-15H,1H3,(H,29,30)(H,27,28,31)/b22-14+,23-15+. The minimum Gasteiger partial charge on any atom is -0.478 e. The number of nitrogens with one attached hydrogen (secondary N) is 1. The summed E-state index contributed by atoms with van der Waals surface area (Å²) >= 11 is 0.866. The Morgan fingerprint density at radius 2 is 1.45 bits per heavy atom. The second-order valence-electron chi connectivity index (χ2n) is 7.32. The molecular weight excluding hydrogens is 438 g/mol. The number of rotatable bonds is 6. The summed E-state index contributed by atoms with van der Waals surface area (Å²) in [5, 5.41) is 11.5. The maximum absolute atomic E-state index is 11.8. The SMILES string of the molecule is Cc1ccc(/C=C(/C(=O)O)c2ccc(Oc3ccc(/C=C4/SC(=O)NC4=O)cc3)cc2)cc1. The van der Waals surface area contributed by atoms with Gasteiger partial charge in [0.25, 0.3) is 11.1 Å². The number of carboxylic acids is 1. The van der Waals surface area contributed by atoms with Crippen LogP contribution in [0.2, 0.25) is 0 Å². The van der Waals surface area contributed by atoms with Crippen LogP contribution >= 0.6 is 11.8 Å². The Hall–Kier alpha value is -4.10. The van der Waals surface area contributed by atoms with E-state index >= 15 is 0 Å². The minimum atomic E-state index is -1.01. The second-order valence-corrected chi connectivity index (χ2v) is 8.34.